The van der Waals surface area contributed by atoms with Crippen LogP contribution in [0.25, 0.3) is 5.69 Å². The van der Waals surface area contributed by atoms with E-state index in [2.05, 4.69) is 27.1 Å². The Labute approximate surface area is 187 Å². The fourth-order valence-electron chi connectivity index (χ4n) is 3.14. The molecule has 0 radical (unpaired) electrons. The Hall–Kier alpha value is -4.38. The first-order chi connectivity index (χ1) is 15.8. The molecular weight excluding hydrogens is 429 g/mol. The van der Waals surface area contributed by atoms with Crippen molar-refractivity contribution in [3.63, 3.8) is 0 Å². The van der Waals surface area contributed by atoms with Crippen LogP contribution in [0.2, 0.25) is 0 Å². The second kappa shape index (κ2) is 9.01. The van der Waals surface area contributed by atoms with E-state index in [9.17, 15) is 18.0 Å². The van der Waals surface area contributed by atoms with Gasteiger partial charge in [0.1, 0.15) is 0 Å². The summed E-state index contributed by atoms with van der Waals surface area (Å²) >= 11 is 0. The third-order valence-electron chi connectivity index (χ3n) is 4.85. The topological polar surface area (TPSA) is 59.8 Å². The average molecular weight is 446 g/mol. The number of hydrogen-bond donors (Lipinski definition) is 1. The summed E-state index contributed by atoms with van der Waals surface area (Å²) < 4.78 is 42.2. The number of halogens is 3. The summed E-state index contributed by atoms with van der Waals surface area (Å²) in [6.07, 6.45) is 2.70. The molecule has 0 spiro atoms. The number of alkyl halides is 3. The molecule has 2 aromatic heterocycles. The van der Waals surface area contributed by atoms with Crippen LogP contribution in [0.3, 0.4) is 0 Å². The Bertz CT molecular complexity index is 1350. The zero-order chi connectivity index (χ0) is 23.4. The highest BCUT2D eigenvalue weighted by Crippen LogP contribution is 2.34. The lowest BCUT2D eigenvalue weighted by molar-refractivity contribution is -0.137. The number of anilines is 1. The van der Waals surface area contributed by atoms with Crippen LogP contribution in [0.15, 0.2) is 79.6 Å². The van der Waals surface area contributed by atoms with Crippen molar-refractivity contribution in [3.05, 3.63) is 107 Å². The number of hydrogen-bond acceptors (Lipinski definition) is 3. The highest BCUT2D eigenvalue weighted by molar-refractivity contribution is 6.04. The molecule has 0 fully saturated rings. The number of nitrogens with zero attached hydrogens (tertiary/aromatic N) is 3. The normalized spacial score (nSPS) is 10.9. The lowest BCUT2D eigenvalue weighted by atomic mass is 10.1. The molecule has 33 heavy (non-hydrogen) atoms. The summed E-state index contributed by atoms with van der Waals surface area (Å²) in [6.45, 7) is 1.88. The molecule has 8 heteroatoms. The van der Waals surface area contributed by atoms with Crippen LogP contribution < -0.4 is 5.32 Å². The molecule has 0 aliphatic rings. The van der Waals surface area contributed by atoms with Crippen LogP contribution in [-0.4, -0.2) is 20.4 Å². The minimum absolute atomic E-state index is 0.111. The lowest BCUT2D eigenvalue weighted by Gasteiger charge is -2.15. The Kier molecular flexibility index (Phi) is 5.96. The molecule has 164 valence electrons. The second-order valence-electron chi connectivity index (χ2n) is 7.18. The Balaban J connectivity index is 1.61. The SMILES string of the molecule is Cc1ccc(NC(=O)c2ccc(-n3ccnc3)c(C(F)(F)F)c2)cc1C#Cc1cccnc1. The van der Waals surface area contributed by atoms with Crippen LogP contribution in [0.1, 0.15) is 32.6 Å². The van der Waals surface area contributed by atoms with Gasteiger partial charge in [0.25, 0.3) is 5.91 Å². The van der Waals surface area contributed by atoms with Crippen molar-refractivity contribution in [1.82, 2.24) is 14.5 Å². The number of pyridine rings is 1. The summed E-state index contributed by atoms with van der Waals surface area (Å²) in [5, 5.41) is 2.65. The summed E-state index contributed by atoms with van der Waals surface area (Å²) in [5.41, 5.74) is 1.59. The van der Waals surface area contributed by atoms with Crippen LogP contribution in [0, 0.1) is 18.8 Å². The maximum absolute atomic E-state index is 13.6. The molecule has 4 rings (SSSR count). The number of carbonyl (C=O) groups excluding carboxylic acids is 1. The van der Waals surface area contributed by atoms with Gasteiger partial charge in [0.05, 0.1) is 17.6 Å². The van der Waals surface area contributed by atoms with Crippen molar-refractivity contribution < 1.29 is 18.0 Å². The number of aromatic nitrogens is 3. The molecule has 1 N–H and O–H groups in total. The smallest absolute Gasteiger partial charge is 0.322 e. The van der Waals surface area contributed by atoms with E-state index in [1.807, 2.05) is 13.0 Å². The van der Waals surface area contributed by atoms with Gasteiger partial charge in [0.15, 0.2) is 0 Å². The average Bonchev–Trinajstić information content (AvgIpc) is 3.34. The highest BCUT2D eigenvalue weighted by atomic mass is 19.4. The van der Waals surface area contributed by atoms with Gasteiger partial charge in [0.2, 0.25) is 0 Å². The fraction of sp³-hybridized carbons (Fsp3) is 0.0800. The predicted octanol–water partition coefficient (Wildman–Crippen LogP) is 5.25. The van der Waals surface area contributed by atoms with Crippen molar-refractivity contribution in [3.8, 4) is 17.5 Å². The number of rotatable bonds is 3. The van der Waals surface area contributed by atoms with Gasteiger partial charge < -0.3 is 9.88 Å². The van der Waals surface area contributed by atoms with Gasteiger partial charge in [-0.3, -0.25) is 9.78 Å². The van der Waals surface area contributed by atoms with E-state index < -0.39 is 17.6 Å². The van der Waals surface area contributed by atoms with E-state index in [-0.39, 0.29) is 11.3 Å². The number of nitrogens with one attached hydrogen (secondary N) is 1. The first kappa shape index (κ1) is 21.8. The van der Waals surface area contributed by atoms with Crippen LogP contribution >= 0.6 is 0 Å². The van der Waals surface area contributed by atoms with Crippen molar-refractivity contribution >= 4 is 11.6 Å². The summed E-state index contributed by atoms with van der Waals surface area (Å²) in [4.78, 5) is 20.5. The number of carbonyl (C=O) groups is 1. The molecule has 0 atom stereocenters. The van der Waals surface area contributed by atoms with Crippen LogP contribution in [-0.2, 0) is 6.18 Å². The number of amides is 1. The lowest BCUT2D eigenvalue weighted by Crippen LogP contribution is -2.16. The Morgan fingerprint density at radius 1 is 1.03 bits per heavy atom. The Morgan fingerprint density at radius 3 is 2.58 bits per heavy atom. The van der Waals surface area contributed by atoms with Crippen LogP contribution in [0.4, 0.5) is 18.9 Å². The van der Waals surface area contributed by atoms with Gasteiger partial charge in [0, 0.05) is 47.2 Å². The molecule has 4 aromatic rings. The summed E-state index contributed by atoms with van der Waals surface area (Å²) in [7, 11) is 0. The monoisotopic (exact) mass is 446 g/mol. The van der Waals surface area contributed by atoms with Crippen LogP contribution in [0.5, 0.6) is 0 Å². The first-order valence-corrected chi connectivity index (χ1v) is 9.85. The van der Waals surface area contributed by atoms with Crippen molar-refractivity contribution in [1.29, 1.82) is 0 Å². The fourth-order valence-corrected chi connectivity index (χ4v) is 3.14. The van der Waals surface area contributed by atoms with Gasteiger partial charge in [-0.25, -0.2) is 4.98 Å². The molecule has 0 aliphatic heterocycles. The first-order valence-electron chi connectivity index (χ1n) is 9.85. The van der Waals surface area contributed by atoms with E-state index in [1.54, 1.807) is 36.7 Å². The minimum atomic E-state index is -4.64. The third kappa shape index (κ3) is 5.10. The molecule has 0 saturated carbocycles. The Morgan fingerprint density at radius 2 is 1.88 bits per heavy atom. The molecule has 2 aromatic carbocycles. The molecule has 0 unspecified atom stereocenters. The van der Waals surface area contributed by atoms with E-state index in [1.165, 1.54) is 35.4 Å². The standard InChI is InChI=1S/C25H17F3N4O/c1-17-4-8-21(13-19(17)6-5-18-3-2-10-29-15-18)31-24(33)20-7-9-23(32-12-11-30-16-32)22(14-20)25(26,27)28/h2-4,7-16H,1H3,(H,31,33). The van der Waals surface area contributed by atoms with Gasteiger partial charge >= 0.3 is 6.18 Å². The summed E-state index contributed by atoms with van der Waals surface area (Å²) in [5.74, 6) is 5.38. The largest absolute Gasteiger partial charge is 0.418 e. The summed E-state index contributed by atoms with van der Waals surface area (Å²) in [6, 6.07) is 12.2. The number of aryl methyl sites for hydroxylation is 1. The maximum Gasteiger partial charge on any atom is 0.418 e. The van der Waals surface area contributed by atoms with E-state index in [4.69, 9.17) is 0 Å². The van der Waals surface area contributed by atoms with Gasteiger partial charge in [-0.05, 0) is 55.0 Å². The molecular formula is C25H17F3N4O. The third-order valence-corrected chi connectivity index (χ3v) is 4.85. The maximum atomic E-state index is 13.6. The van der Waals surface area contributed by atoms with Gasteiger partial charge in [-0.2, -0.15) is 13.2 Å². The minimum Gasteiger partial charge on any atom is -0.322 e. The number of imidazole rings is 1. The van der Waals surface area contributed by atoms with Crippen molar-refractivity contribution in [2.45, 2.75) is 13.1 Å². The zero-order valence-electron chi connectivity index (χ0n) is 17.4. The zero-order valence-corrected chi connectivity index (χ0v) is 17.4. The van der Waals surface area contributed by atoms with Gasteiger partial charge in [-0.15, -0.1) is 0 Å². The van der Waals surface area contributed by atoms with E-state index >= 15 is 0 Å². The number of benzene rings is 2. The molecule has 0 aliphatic carbocycles. The molecule has 0 bridgehead atoms. The molecule has 5 nitrogen and oxygen atoms in total. The molecule has 1 amide bonds. The van der Waals surface area contributed by atoms with Crippen molar-refractivity contribution in [2.24, 2.45) is 0 Å². The quantitative estimate of drug-likeness (QED) is 0.438. The van der Waals surface area contributed by atoms with Crippen molar-refractivity contribution in [2.75, 3.05) is 5.32 Å². The predicted molar refractivity (Wildman–Crippen MR) is 118 cm³/mol. The molecule has 0 saturated heterocycles. The van der Waals surface area contributed by atoms with E-state index in [0.29, 0.717) is 11.3 Å². The van der Waals surface area contributed by atoms with Gasteiger partial charge in [-0.1, -0.05) is 17.9 Å². The van der Waals surface area contributed by atoms with E-state index in [0.717, 1.165) is 17.2 Å². The highest BCUT2D eigenvalue weighted by Gasteiger charge is 2.34. The second-order valence-corrected chi connectivity index (χ2v) is 7.18. The molecule has 2 heterocycles.